The summed E-state index contributed by atoms with van der Waals surface area (Å²) < 4.78 is 13.2. The molecular formula is C22H30N6O2S. The fourth-order valence-electron chi connectivity index (χ4n) is 3.36. The lowest BCUT2D eigenvalue weighted by Crippen LogP contribution is -2.37. The van der Waals surface area contributed by atoms with Gasteiger partial charge in [0.1, 0.15) is 0 Å². The van der Waals surface area contributed by atoms with Crippen molar-refractivity contribution in [3.63, 3.8) is 0 Å². The summed E-state index contributed by atoms with van der Waals surface area (Å²) in [6.45, 7) is 13.4. The highest BCUT2D eigenvalue weighted by molar-refractivity contribution is 7.99. The number of ether oxygens (including phenoxy) is 1. The quantitative estimate of drug-likeness (QED) is 0.525. The van der Waals surface area contributed by atoms with E-state index in [4.69, 9.17) is 9.26 Å². The van der Waals surface area contributed by atoms with Crippen LogP contribution in [0.5, 0.6) is 0 Å². The number of benzene rings is 1. The Morgan fingerprint density at radius 3 is 2.61 bits per heavy atom. The molecule has 1 atom stereocenters. The first-order valence-electron chi connectivity index (χ1n) is 10.7. The van der Waals surface area contributed by atoms with Crippen molar-refractivity contribution in [3.05, 3.63) is 41.5 Å². The Labute approximate surface area is 187 Å². The van der Waals surface area contributed by atoms with Gasteiger partial charge in [0, 0.05) is 18.5 Å². The highest BCUT2D eigenvalue weighted by Gasteiger charge is 2.27. The highest BCUT2D eigenvalue weighted by atomic mass is 32.2. The van der Waals surface area contributed by atoms with E-state index in [0.29, 0.717) is 24.9 Å². The number of morpholine rings is 1. The Balaban J connectivity index is 1.68. The summed E-state index contributed by atoms with van der Waals surface area (Å²) in [4.78, 5) is 6.85. The minimum absolute atomic E-state index is 0.0570. The third-order valence-electron chi connectivity index (χ3n) is 5.23. The fraction of sp³-hybridized carbons (Fsp3) is 0.545. The smallest absolute Gasteiger partial charge is 0.239 e. The Morgan fingerprint density at radius 2 is 1.94 bits per heavy atom. The van der Waals surface area contributed by atoms with Gasteiger partial charge in [0.25, 0.3) is 0 Å². The van der Waals surface area contributed by atoms with Crippen molar-refractivity contribution < 1.29 is 9.26 Å². The van der Waals surface area contributed by atoms with Crippen LogP contribution in [0.15, 0.2) is 33.9 Å². The van der Waals surface area contributed by atoms with Crippen molar-refractivity contribution >= 4 is 17.7 Å². The van der Waals surface area contributed by atoms with E-state index in [1.54, 1.807) is 11.8 Å². The average molecular weight is 443 g/mol. The van der Waals surface area contributed by atoms with Gasteiger partial charge in [-0.15, -0.1) is 10.2 Å². The second kappa shape index (κ2) is 9.00. The molecule has 9 heteroatoms. The van der Waals surface area contributed by atoms with Crippen LogP contribution in [0.25, 0.3) is 5.69 Å². The predicted octanol–water partition coefficient (Wildman–Crippen LogP) is 4.20. The lowest BCUT2D eigenvalue weighted by atomic mass is 9.96. The number of nitrogens with zero attached hydrogens (tertiary/aromatic N) is 6. The van der Waals surface area contributed by atoms with Crippen LogP contribution >= 0.6 is 11.8 Å². The number of aromatic nitrogens is 5. The largest absolute Gasteiger partial charge is 0.378 e. The van der Waals surface area contributed by atoms with Gasteiger partial charge in [-0.2, -0.15) is 4.98 Å². The number of thioether (sulfide) groups is 1. The molecule has 1 aliphatic rings. The Hall–Kier alpha value is -2.39. The second-order valence-electron chi connectivity index (χ2n) is 8.71. The van der Waals surface area contributed by atoms with Crippen LogP contribution in [0.2, 0.25) is 0 Å². The Bertz CT molecular complexity index is 1020. The maximum Gasteiger partial charge on any atom is 0.239 e. The molecule has 31 heavy (non-hydrogen) atoms. The number of hydrogen-bond donors (Lipinski definition) is 0. The molecule has 8 nitrogen and oxygen atoms in total. The van der Waals surface area contributed by atoms with Gasteiger partial charge in [-0.25, -0.2) is 0 Å². The molecule has 1 saturated heterocycles. The van der Waals surface area contributed by atoms with E-state index in [-0.39, 0.29) is 10.7 Å². The van der Waals surface area contributed by atoms with E-state index in [1.165, 1.54) is 5.56 Å². The van der Waals surface area contributed by atoms with Crippen molar-refractivity contribution in [2.45, 2.75) is 56.9 Å². The molecule has 4 rings (SSSR count). The second-order valence-corrected chi connectivity index (χ2v) is 10.0. The van der Waals surface area contributed by atoms with Crippen molar-refractivity contribution in [2.24, 2.45) is 0 Å². The summed E-state index contributed by atoms with van der Waals surface area (Å²) in [6.07, 6.45) is 0.972. The van der Waals surface area contributed by atoms with Gasteiger partial charge >= 0.3 is 0 Å². The van der Waals surface area contributed by atoms with Crippen LogP contribution < -0.4 is 4.90 Å². The summed E-state index contributed by atoms with van der Waals surface area (Å²) >= 11 is 1.58. The van der Waals surface area contributed by atoms with Gasteiger partial charge in [-0.3, -0.25) is 4.57 Å². The molecule has 1 fully saturated rings. The fourth-order valence-corrected chi connectivity index (χ4v) is 4.25. The molecule has 0 unspecified atom stereocenters. The molecule has 0 amide bonds. The maximum atomic E-state index is 5.56. The van der Waals surface area contributed by atoms with E-state index in [0.717, 1.165) is 36.3 Å². The van der Waals surface area contributed by atoms with E-state index >= 15 is 0 Å². The first kappa shape index (κ1) is 21.8. The maximum absolute atomic E-state index is 5.56. The first-order chi connectivity index (χ1) is 14.9. The lowest BCUT2D eigenvalue weighted by molar-refractivity contribution is 0.122. The number of aryl methyl sites for hydroxylation is 1. The number of rotatable bonds is 6. The summed E-state index contributed by atoms with van der Waals surface area (Å²) in [5, 5.41) is 14.0. The lowest BCUT2D eigenvalue weighted by Gasteiger charge is -2.28. The van der Waals surface area contributed by atoms with Crippen LogP contribution in [0.1, 0.15) is 57.1 Å². The first-order valence-corrected chi connectivity index (χ1v) is 11.6. The Kier molecular flexibility index (Phi) is 6.34. The van der Waals surface area contributed by atoms with Crippen LogP contribution in [-0.4, -0.2) is 51.2 Å². The standard InChI is InChI=1S/C22H30N6O2S/c1-6-16-8-7-9-17(14-16)28-20(27-10-12-29-13-11-27)24-25-21(28)31-15(2)18-23-19(26-30-18)22(3,4)5/h7-9,14-15H,6,10-13H2,1-5H3/t15-/m1/s1. The molecule has 1 aliphatic heterocycles. The molecule has 3 heterocycles. The molecule has 0 saturated carbocycles. The van der Waals surface area contributed by atoms with Crippen LogP contribution in [-0.2, 0) is 16.6 Å². The van der Waals surface area contributed by atoms with Crippen LogP contribution in [0, 0.1) is 0 Å². The van der Waals surface area contributed by atoms with Crippen LogP contribution in [0.4, 0.5) is 5.95 Å². The third kappa shape index (κ3) is 4.77. The highest BCUT2D eigenvalue weighted by Crippen LogP contribution is 2.37. The molecule has 3 aromatic rings. The molecule has 166 valence electrons. The van der Waals surface area contributed by atoms with Crippen molar-refractivity contribution in [1.82, 2.24) is 24.9 Å². The molecule has 0 aliphatic carbocycles. The van der Waals surface area contributed by atoms with Gasteiger partial charge in [-0.05, 0) is 31.0 Å². The molecule has 2 aromatic heterocycles. The van der Waals surface area contributed by atoms with E-state index < -0.39 is 0 Å². The van der Waals surface area contributed by atoms with Crippen molar-refractivity contribution in [3.8, 4) is 5.69 Å². The topological polar surface area (TPSA) is 82.1 Å². The van der Waals surface area contributed by atoms with Crippen LogP contribution in [0.3, 0.4) is 0 Å². The molecule has 0 radical (unpaired) electrons. The zero-order valence-corrected chi connectivity index (χ0v) is 19.6. The van der Waals surface area contributed by atoms with Gasteiger partial charge < -0.3 is 14.2 Å². The van der Waals surface area contributed by atoms with E-state index in [1.807, 2.05) is 0 Å². The van der Waals surface area contributed by atoms with Crippen molar-refractivity contribution in [1.29, 1.82) is 0 Å². The summed E-state index contributed by atoms with van der Waals surface area (Å²) in [5.74, 6) is 2.15. The SMILES string of the molecule is CCc1cccc(-n2c(S[C@H](C)c3nc(C(C)(C)C)no3)nnc2N2CCOCC2)c1. The normalized spacial score (nSPS) is 16.0. The third-order valence-corrected chi connectivity index (χ3v) is 6.26. The number of anilines is 1. The monoisotopic (exact) mass is 442 g/mol. The zero-order chi connectivity index (χ0) is 22.0. The minimum atomic E-state index is -0.156. The van der Waals surface area contributed by atoms with E-state index in [9.17, 15) is 0 Å². The predicted molar refractivity (Wildman–Crippen MR) is 121 cm³/mol. The molecular weight excluding hydrogens is 412 g/mol. The van der Waals surface area contributed by atoms with Crippen molar-refractivity contribution in [2.75, 3.05) is 31.2 Å². The summed E-state index contributed by atoms with van der Waals surface area (Å²) in [5.41, 5.74) is 2.17. The average Bonchev–Trinajstić information content (AvgIpc) is 3.42. The summed E-state index contributed by atoms with van der Waals surface area (Å²) in [6, 6.07) is 8.53. The molecule has 1 aromatic carbocycles. The number of hydrogen-bond acceptors (Lipinski definition) is 8. The van der Waals surface area contributed by atoms with Gasteiger partial charge in [-0.1, -0.05) is 56.7 Å². The summed E-state index contributed by atoms with van der Waals surface area (Å²) in [7, 11) is 0. The minimum Gasteiger partial charge on any atom is -0.378 e. The van der Waals surface area contributed by atoms with Gasteiger partial charge in [0.2, 0.25) is 11.8 Å². The van der Waals surface area contributed by atoms with Gasteiger partial charge in [0.05, 0.1) is 24.2 Å². The Morgan fingerprint density at radius 1 is 1.16 bits per heavy atom. The van der Waals surface area contributed by atoms with Gasteiger partial charge in [0.15, 0.2) is 11.0 Å². The van der Waals surface area contributed by atoms with E-state index in [2.05, 4.69) is 88.7 Å². The zero-order valence-electron chi connectivity index (χ0n) is 18.8. The molecule has 0 N–H and O–H groups in total. The molecule has 0 spiro atoms. The molecule has 0 bridgehead atoms.